The molecule has 0 spiro atoms. The van der Waals surface area contributed by atoms with E-state index < -0.39 is 11.7 Å². The van der Waals surface area contributed by atoms with E-state index in [2.05, 4.69) is 20.6 Å². The van der Waals surface area contributed by atoms with Gasteiger partial charge in [0.25, 0.3) is 0 Å². The van der Waals surface area contributed by atoms with E-state index in [1.54, 1.807) is 6.33 Å². The number of benzene rings is 1. The number of hydrogen-bond acceptors (Lipinski definition) is 4. The molecule has 0 fully saturated rings. The van der Waals surface area contributed by atoms with Crippen LogP contribution in [0.4, 0.5) is 10.5 Å². The van der Waals surface area contributed by atoms with Crippen LogP contribution in [0.25, 0.3) is 11.0 Å². The van der Waals surface area contributed by atoms with Crippen LogP contribution in [0.15, 0.2) is 24.5 Å². The van der Waals surface area contributed by atoms with Gasteiger partial charge in [0.1, 0.15) is 11.1 Å². The molecule has 1 heterocycles. The highest BCUT2D eigenvalue weighted by Gasteiger charge is 2.15. The molecule has 0 aliphatic heterocycles. The standard InChI is InChI=1S/C17H24N4O3/c1-17(2,3)24-16(23)18-10-5-4-9-14(22)21-13-8-6-7-12-15(13)20-11-19-12/h6-8,11H,4-5,9-10H2,1-3H3,(H,18,23)(H,19,20)(H,21,22). The fraction of sp³-hybridized carbons (Fsp3) is 0.471. The van der Waals surface area contributed by atoms with Crippen molar-refractivity contribution in [2.45, 2.75) is 45.6 Å². The SMILES string of the molecule is CC(C)(C)OC(=O)NCCCCC(=O)Nc1cccc2[nH]cnc12. The van der Waals surface area contributed by atoms with Crippen molar-refractivity contribution < 1.29 is 14.3 Å². The van der Waals surface area contributed by atoms with Crippen molar-refractivity contribution in [1.29, 1.82) is 0 Å². The summed E-state index contributed by atoms with van der Waals surface area (Å²) in [5, 5.41) is 5.54. The molecular formula is C17H24N4O3. The number of anilines is 1. The molecule has 2 rings (SSSR count). The summed E-state index contributed by atoms with van der Waals surface area (Å²) >= 11 is 0. The zero-order valence-electron chi connectivity index (χ0n) is 14.3. The lowest BCUT2D eigenvalue weighted by molar-refractivity contribution is -0.116. The summed E-state index contributed by atoms with van der Waals surface area (Å²) in [6, 6.07) is 5.59. The number of para-hydroxylation sites is 1. The van der Waals surface area contributed by atoms with Crippen LogP contribution in [0.2, 0.25) is 0 Å². The quantitative estimate of drug-likeness (QED) is 0.708. The number of H-pyrrole nitrogens is 1. The third-order valence-electron chi connectivity index (χ3n) is 3.22. The predicted molar refractivity (Wildman–Crippen MR) is 92.8 cm³/mol. The van der Waals surface area contributed by atoms with Crippen molar-refractivity contribution in [3.63, 3.8) is 0 Å². The van der Waals surface area contributed by atoms with Crippen LogP contribution in [-0.4, -0.2) is 34.1 Å². The number of hydrogen-bond donors (Lipinski definition) is 3. The Morgan fingerprint density at radius 1 is 1.25 bits per heavy atom. The number of aromatic nitrogens is 2. The highest BCUT2D eigenvalue weighted by atomic mass is 16.6. The number of alkyl carbamates (subject to hydrolysis) is 1. The van der Waals surface area contributed by atoms with Gasteiger partial charge in [0.2, 0.25) is 5.91 Å². The van der Waals surface area contributed by atoms with Crippen LogP contribution in [0.1, 0.15) is 40.0 Å². The molecule has 0 radical (unpaired) electrons. The van der Waals surface area contributed by atoms with Crippen LogP contribution in [0.3, 0.4) is 0 Å². The number of aromatic amines is 1. The highest BCUT2D eigenvalue weighted by Crippen LogP contribution is 2.19. The van der Waals surface area contributed by atoms with Gasteiger partial charge in [0.15, 0.2) is 0 Å². The number of rotatable bonds is 6. The second kappa shape index (κ2) is 7.81. The minimum absolute atomic E-state index is 0.0669. The second-order valence-corrected chi connectivity index (χ2v) is 6.54. The number of nitrogens with zero attached hydrogens (tertiary/aromatic N) is 1. The summed E-state index contributed by atoms with van der Waals surface area (Å²) < 4.78 is 5.14. The van der Waals surface area contributed by atoms with Crippen LogP contribution >= 0.6 is 0 Å². The number of amides is 2. The molecule has 24 heavy (non-hydrogen) atoms. The molecule has 7 heteroatoms. The maximum Gasteiger partial charge on any atom is 0.407 e. The first kappa shape index (κ1) is 17.8. The fourth-order valence-electron chi connectivity index (χ4n) is 2.19. The van der Waals surface area contributed by atoms with Gasteiger partial charge < -0.3 is 20.4 Å². The van der Waals surface area contributed by atoms with E-state index >= 15 is 0 Å². The van der Waals surface area contributed by atoms with Gasteiger partial charge in [0, 0.05) is 13.0 Å². The molecule has 0 aliphatic carbocycles. The monoisotopic (exact) mass is 332 g/mol. The molecule has 130 valence electrons. The minimum Gasteiger partial charge on any atom is -0.444 e. The summed E-state index contributed by atoms with van der Waals surface area (Å²) in [5.41, 5.74) is 1.83. The zero-order chi connectivity index (χ0) is 17.6. The average Bonchev–Trinajstić information content (AvgIpc) is 2.94. The van der Waals surface area contributed by atoms with Crippen LogP contribution in [0, 0.1) is 0 Å². The van der Waals surface area contributed by atoms with E-state index in [1.807, 2.05) is 39.0 Å². The van der Waals surface area contributed by atoms with Gasteiger partial charge in [-0.15, -0.1) is 0 Å². The smallest absolute Gasteiger partial charge is 0.407 e. The molecule has 0 saturated heterocycles. The summed E-state index contributed by atoms with van der Waals surface area (Å²) in [7, 11) is 0. The number of unbranched alkanes of at least 4 members (excludes halogenated alkanes) is 1. The van der Waals surface area contributed by atoms with E-state index in [4.69, 9.17) is 4.74 Å². The molecule has 2 aromatic rings. The lowest BCUT2D eigenvalue weighted by Gasteiger charge is -2.19. The Balaban J connectivity index is 1.67. The third kappa shape index (κ3) is 5.57. The van der Waals surface area contributed by atoms with Crippen LogP contribution in [-0.2, 0) is 9.53 Å². The lowest BCUT2D eigenvalue weighted by atomic mass is 10.2. The summed E-state index contributed by atoms with van der Waals surface area (Å²) in [5.74, 6) is -0.0669. The number of fused-ring (bicyclic) bond motifs is 1. The number of carbonyl (C=O) groups is 2. The Morgan fingerprint density at radius 3 is 2.79 bits per heavy atom. The molecule has 2 amide bonds. The topological polar surface area (TPSA) is 96.1 Å². The molecule has 0 aliphatic rings. The fourth-order valence-corrected chi connectivity index (χ4v) is 2.19. The van der Waals surface area contributed by atoms with Gasteiger partial charge in [-0.1, -0.05) is 6.07 Å². The first-order chi connectivity index (χ1) is 11.3. The largest absolute Gasteiger partial charge is 0.444 e. The van der Waals surface area contributed by atoms with Crippen molar-refractivity contribution in [2.75, 3.05) is 11.9 Å². The first-order valence-electron chi connectivity index (χ1n) is 8.04. The van der Waals surface area contributed by atoms with E-state index in [0.717, 1.165) is 11.0 Å². The third-order valence-corrected chi connectivity index (χ3v) is 3.22. The van der Waals surface area contributed by atoms with Gasteiger partial charge >= 0.3 is 6.09 Å². The van der Waals surface area contributed by atoms with E-state index in [0.29, 0.717) is 31.5 Å². The molecule has 0 atom stereocenters. The summed E-state index contributed by atoms with van der Waals surface area (Å²) in [6.45, 7) is 5.93. The zero-order valence-corrected chi connectivity index (χ0v) is 14.3. The number of ether oxygens (including phenoxy) is 1. The van der Waals surface area contributed by atoms with Gasteiger partial charge in [-0.2, -0.15) is 0 Å². The van der Waals surface area contributed by atoms with Gasteiger partial charge in [0.05, 0.1) is 17.5 Å². The Kier molecular flexibility index (Phi) is 5.78. The Labute approximate surface area is 141 Å². The molecule has 3 N–H and O–H groups in total. The van der Waals surface area contributed by atoms with Crippen molar-refractivity contribution >= 4 is 28.7 Å². The number of nitrogens with one attached hydrogen (secondary N) is 3. The lowest BCUT2D eigenvalue weighted by Crippen LogP contribution is -2.33. The van der Waals surface area contributed by atoms with Gasteiger partial charge in [-0.05, 0) is 45.7 Å². The molecule has 1 aromatic carbocycles. The number of carbonyl (C=O) groups excluding carboxylic acids is 2. The van der Waals surface area contributed by atoms with E-state index in [1.165, 1.54) is 0 Å². The molecule has 7 nitrogen and oxygen atoms in total. The molecule has 0 saturated carbocycles. The molecule has 1 aromatic heterocycles. The maximum atomic E-state index is 12.0. The first-order valence-corrected chi connectivity index (χ1v) is 8.04. The van der Waals surface area contributed by atoms with Crippen molar-refractivity contribution in [1.82, 2.24) is 15.3 Å². The highest BCUT2D eigenvalue weighted by molar-refractivity contribution is 5.99. The minimum atomic E-state index is -0.503. The maximum absolute atomic E-state index is 12.0. The van der Waals surface area contributed by atoms with Gasteiger partial charge in [-0.25, -0.2) is 9.78 Å². The van der Waals surface area contributed by atoms with Crippen molar-refractivity contribution in [3.05, 3.63) is 24.5 Å². The van der Waals surface area contributed by atoms with E-state index in [9.17, 15) is 9.59 Å². The van der Waals surface area contributed by atoms with Gasteiger partial charge in [-0.3, -0.25) is 4.79 Å². The average molecular weight is 332 g/mol. The Bertz CT molecular complexity index is 703. The molecular weight excluding hydrogens is 308 g/mol. The second-order valence-electron chi connectivity index (χ2n) is 6.54. The predicted octanol–water partition coefficient (Wildman–Crippen LogP) is 3.20. The molecule has 0 unspecified atom stereocenters. The van der Waals surface area contributed by atoms with E-state index in [-0.39, 0.29) is 5.91 Å². The van der Waals surface area contributed by atoms with Crippen LogP contribution in [0.5, 0.6) is 0 Å². The van der Waals surface area contributed by atoms with Crippen molar-refractivity contribution in [2.24, 2.45) is 0 Å². The van der Waals surface area contributed by atoms with Crippen LogP contribution < -0.4 is 10.6 Å². The summed E-state index contributed by atoms with van der Waals surface area (Å²) in [6.07, 6.45) is 2.94. The Morgan fingerprint density at radius 2 is 2.04 bits per heavy atom. The summed E-state index contributed by atoms with van der Waals surface area (Å²) in [4.78, 5) is 30.7. The number of imidazole rings is 1. The normalized spacial score (nSPS) is 11.3. The Hall–Kier alpha value is -2.57. The molecule has 0 bridgehead atoms. The van der Waals surface area contributed by atoms with Crippen molar-refractivity contribution in [3.8, 4) is 0 Å².